The van der Waals surface area contributed by atoms with E-state index in [1.165, 1.54) is 16.5 Å². The number of piperazine rings is 1. The fourth-order valence-electron chi connectivity index (χ4n) is 3.08. The summed E-state index contributed by atoms with van der Waals surface area (Å²) >= 11 is 0. The molecular formula is C16H24N4. The predicted octanol–water partition coefficient (Wildman–Crippen LogP) is 1.43. The molecule has 2 heterocycles. The maximum absolute atomic E-state index is 6.47. The first kappa shape index (κ1) is 13.6. The van der Waals surface area contributed by atoms with Crippen LogP contribution in [0.3, 0.4) is 0 Å². The molecule has 0 spiro atoms. The molecule has 108 valence electrons. The Kier molecular flexibility index (Phi) is 3.78. The number of para-hydroxylation sites is 1. The van der Waals surface area contributed by atoms with Crippen LogP contribution in [-0.2, 0) is 7.05 Å². The third-order valence-corrected chi connectivity index (χ3v) is 4.38. The van der Waals surface area contributed by atoms with Crippen molar-refractivity contribution in [3.8, 4) is 0 Å². The molecule has 0 saturated carbocycles. The highest BCUT2D eigenvalue weighted by atomic mass is 15.2. The van der Waals surface area contributed by atoms with E-state index in [-0.39, 0.29) is 6.04 Å². The Morgan fingerprint density at radius 2 is 1.80 bits per heavy atom. The summed E-state index contributed by atoms with van der Waals surface area (Å²) < 4.78 is 2.18. The molecule has 1 aromatic carbocycles. The number of aryl methyl sites for hydroxylation is 1. The second-order valence-corrected chi connectivity index (χ2v) is 5.92. The maximum Gasteiger partial charge on any atom is 0.0481 e. The highest BCUT2D eigenvalue weighted by molar-refractivity contribution is 5.84. The van der Waals surface area contributed by atoms with E-state index >= 15 is 0 Å². The Bertz CT molecular complexity index is 581. The molecular weight excluding hydrogens is 248 g/mol. The molecule has 1 atom stereocenters. The minimum atomic E-state index is 0.0875. The van der Waals surface area contributed by atoms with Crippen molar-refractivity contribution in [2.24, 2.45) is 12.8 Å². The molecule has 2 aromatic rings. The van der Waals surface area contributed by atoms with Crippen LogP contribution in [0.15, 0.2) is 30.5 Å². The molecule has 0 aliphatic carbocycles. The second kappa shape index (κ2) is 5.56. The quantitative estimate of drug-likeness (QED) is 0.918. The number of aromatic nitrogens is 1. The molecule has 4 nitrogen and oxygen atoms in total. The van der Waals surface area contributed by atoms with Crippen LogP contribution in [0, 0.1) is 0 Å². The minimum absolute atomic E-state index is 0.0875. The van der Waals surface area contributed by atoms with E-state index in [0.717, 1.165) is 32.7 Å². The van der Waals surface area contributed by atoms with Crippen molar-refractivity contribution in [2.75, 3.05) is 39.8 Å². The third kappa shape index (κ3) is 2.59. The van der Waals surface area contributed by atoms with E-state index in [1.54, 1.807) is 0 Å². The largest absolute Gasteiger partial charge is 0.350 e. The Morgan fingerprint density at radius 1 is 1.10 bits per heavy atom. The van der Waals surface area contributed by atoms with E-state index < -0.39 is 0 Å². The zero-order valence-corrected chi connectivity index (χ0v) is 12.4. The van der Waals surface area contributed by atoms with E-state index in [4.69, 9.17) is 5.73 Å². The van der Waals surface area contributed by atoms with Gasteiger partial charge in [0.05, 0.1) is 0 Å². The molecule has 4 heteroatoms. The summed E-state index contributed by atoms with van der Waals surface area (Å²) in [5.74, 6) is 0. The van der Waals surface area contributed by atoms with Crippen LogP contribution in [-0.4, -0.2) is 54.1 Å². The molecule has 1 unspecified atom stereocenters. The second-order valence-electron chi connectivity index (χ2n) is 5.92. The number of rotatable bonds is 3. The van der Waals surface area contributed by atoms with Gasteiger partial charge < -0.3 is 15.2 Å². The number of nitrogens with two attached hydrogens (primary N) is 1. The molecule has 0 amide bonds. The zero-order valence-electron chi connectivity index (χ0n) is 12.4. The highest BCUT2D eigenvalue weighted by Crippen LogP contribution is 2.25. The number of hydrogen-bond donors (Lipinski definition) is 1. The minimum Gasteiger partial charge on any atom is -0.350 e. The van der Waals surface area contributed by atoms with Gasteiger partial charge in [0.2, 0.25) is 0 Å². The molecule has 1 aliphatic heterocycles. The van der Waals surface area contributed by atoms with Crippen molar-refractivity contribution in [1.82, 2.24) is 14.4 Å². The lowest BCUT2D eigenvalue weighted by molar-refractivity contribution is 0.147. The van der Waals surface area contributed by atoms with Crippen molar-refractivity contribution in [1.29, 1.82) is 0 Å². The average Bonchev–Trinajstić information content (AvgIpc) is 2.79. The first-order valence-electron chi connectivity index (χ1n) is 7.35. The summed E-state index contributed by atoms with van der Waals surface area (Å²) in [5.41, 5.74) is 9.00. The predicted molar refractivity (Wildman–Crippen MR) is 83.8 cm³/mol. The number of likely N-dealkylation sites (N-methyl/N-ethyl adjacent to an activating group) is 1. The molecule has 20 heavy (non-hydrogen) atoms. The summed E-state index contributed by atoms with van der Waals surface area (Å²) in [7, 11) is 4.27. The van der Waals surface area contributed by atoms with Crippen LogP contribution in [0.1, 0.15) is 11.6 Å². The standard InChI is InChI=1S/C16H24N4/c1-18-7-9-20(10-8-18)12-15(17)14-11-19(2)16-6-4-3-5-13(14)16/h3-6,11,15H,7-10,12,17H2,1-2H3. The molecule has 1 fully saturated rings. The summed E-state index contributed by atoms with van der Waals surface area (Å²) in [6.45, 7) is 5.47. The molecule has 1 saturated heterocycles. The molecule has 2 N–H and O–H groups in total. The van der Waals surface area contributed by atoms with E-state index in [9.17, 15) is 0 Å². The molecule has 3 rings (SSSR count). The molecule has 1 aliphatic rings. The molecule has 0 radical (unpaired) electrons. The smallest absolute Gasteiger partial charge is 0.0481 e. The number of benzene rings is 1. The maximum atomic E-state index is 6.47. The summed E-state index contributed by atoms with van der Waals surface area (Å²) in [6, 6.07) is 8.59. The summed E-state index contributed by atoms with van der Waals surface area (Å²) in [6.07, 6.45) is 2.19. The first-order valence-corrected chi connectivity index (χ1v) is 7.35. The van der Waals surface area contributed by atoms with Gasteiger partial charge in [0.25, 0.3) is 0 Å². The van der Waals surface area contributed by atoms with Crippen LogP contribution < -0.4 is 5.73 Å². The first-order chi connectivity index (χ1) is 9.65. The van der Waals surface area contributed by atoms with Crippen LogP contribution in [0.2, 0.25) is 0 Å². The number of nitrogens with zero attached hydrogens (tertiary/aromatic N) is 3. The Morgan fingerprint density at radius 3 is 2.55 bits per heavy atom. The van der Waals surface area contributed by atoms with E-state index in [2.05, 4.69) is 58.9 Å². The average molecular weight is 272 g/mol. The topological polar surface area (TPSA) is 37.4 Å². The van der Waals surface area contributed by atoms with E-state index in [1.807, 2.05) is 0 Å². The Balaban J connectivity index is 1.77. The Labute approximate surface area is 120 Å². The molecule has 1 aromatic heterocycles. The van der Waals surface area contributed by atoms with Gasteiger partial charge in [0.15, 0.2) is 0 Å². The lowest BCUT2D eigenvalue weighted by Crippen LogP contribution is -2.46. The fourth-order valence-corrected chi connectivity index (χ4v) is 3.08. The van der Waals surface area contributed by atoms with Crippen LogP contribution in [0.5, 0.6) is 0 Å². The van der Waals surface area contributed by atoms with Gasteiger partial charge in [-0.15, -0.1) is 0 Å². The van der Waals surface area contributed by atoms with Gasteiger partial charge in [-0.2, -0.15) is 0 Å². The fraction of sp³-hybridized carbons (Fsp3) is 0.500. The van der Waals surface area contributed by atoms with Gasteiger partial charge >= 0.3 is 0 Å². The third-order valence-electron chi connectivity index (χ3n) is 4.38. The number of hydrogen-bond acceptors (Lipinski definition) is 3. The monoisotopic (exact) mass is 272 g/mol. The van der Waals surface area contributed by atoms with Crippen LogP contribution >= 0.6 is 0 Å². The molecule has 0 bridgehead atoms. The normalized spacial score (nSPS) is 19.6. The van der Waals surface area contributed by atoms with Gasteiger partial charge in [0, 0.05) is 62.9 Å². The lowest BCUT2D eigenvalue weighted by Gasteiger charge is -2.33. The van der Waals surface area contributed by atoms with Gasteiger partial charge in [-0.25, -0.2) is 0 Å². The van der Waals surface area contributed by atoms with Crippen molar-refractivity contribution >= 4 is 10.9 Å². The van der Waals surface area contributed by atoms with Crippen molar-refractivity contribution in [2.45, 2.75) is 6.04 Å². The van der Waals surface area contributed by atoms with Crippen molar-refractivity contribution in [3.05, 3.63) is 36.0 Å². The van der Waals surface area contributed by atoms with E-state index in [0.29, 0.717) is 0 Å². The lowest BCUT2D eigenvalue weighted by atomic mass is 10.1. The highest BCUT2D eigenvalue weighted by Gasteiger charge is 2.19. The van der Waals surface area contributed by atoms with Gasteiger partial charge in [0.1, 0.15) is 0 Å². The zero-order chi connectivity index (χ0) is 14.1. The summed E-state index contributed by atoms with van der Waals surface area (Å²) in [4.78, 5) is 4.85. The van der Waals surface area contributed by atoms with Gasteiger partial charge in [-0.05, 0) is 18.7 Å². The van der Waals surface area contributed by atoms with Crippen molar-refractivity contribution in [3.63, 3.8) is 0 Å². The van der Waals surface area contributed by atoms with Crippen LogP contribution in [0.4, 0.5) is 0 Å². The van der Waals surface area contributed by atoms with Crippen molar-refractivity contribution < 1.29 is 0 Å². The Hall–Kier alpha value is -1.36. The SMILES string of the molecule is CN1CCN(CC(N)c2cn(C)c3ccccc23)CC1. The van der Waals surface area contributed by atoms with Gasteiger partial charge in [-0.3, -0.25) is 4.90 Å². The van der Waals surface area contributed by atoms with Gasteiger partial charge in [-0.1, -0.05) is 18.2 Å². The summed E-state index contributed by atoms with van der Waals surface area (Å²) in [5, 5.41) is 1.29. The number of fused-ring (bicyclic) bond motifs is 1. The van der Waals surface area contributed by atoms with Crippen LogP contribution in [0.25, 0.3) is 10.9 Å².